The van der Waals surface area contributed by atoms with Gasteiger partial charge in [0.25, 0.3) is 5.91 Å². The van der Waals surface area contributed by atoms with Crippen LogP contribution in [0, 0.1) is 13.8 Å². The number of nitrogens with zero attached hydrogens (tertiary/aromatic N) is 4. The monoisotopic (exact) mass is 351 g/mol. The number of hydrogen-bond donors (Lipinski definition) is 4. The van der Waals surface area contributed by atoms with Crippen molar-refractivity contribution >= 4 is 29.0 Å². The first-order valence-corrected chi connectivity index (χ1v) is 7.75. The van der Waals surface area contributed by atoms with E-state index in [0.29, 0.717) is 30.2 Å². The number of anilines is 2. The molecule has 2 amide bonds. The Balaban J connectivity index is 2.32. The largest absolute Gasteiger partial charge is 0.465 e. The van der Waals surface area contributed by atoms with Crippen LogP contribution in [-0.4, -0.2) is 63.5 Å². The zero-order valence-electron chi connectivity index (χ0n) is 14.3. The average molecular weight is 351 g/mol. The molecular weight excluding hydrogens is 330 g/mol. The summed E-state index contributed by atoms with van der Waals surface area (Å²) in [5.74, 6) is -0.332. The fourth-order valence-corrected chi connectivity index (χ4v) is 2.27. The molecule has 2 rings (SSSR count). The molecule has 0 fully saturated rings. The molecule has 11 heteroatoms. The first kappa shape index (κ1) is 18.4. The smallest absolute Gasteiger partial charge is 0.404 e. The Bertz CT molecular complexity index is 774. The van der Waals surface area contributed by atoms with Crippen molar-refractivity contribution in [2.45, 2.75) is 20.8 Å². The van der Waals surface area contributed by atoms with Crippen LogP contribution in [0.3, 0.4) is 0 Å². The summed E-state index contributed by atoms with van der Waals surface area (Å²) in [7, 11) is 0. The Morgan fingerprint density at radius 2 is 2.00 bits per heavy atom. The summed E-state index contributed by atoms with van der Waals surface area (Å²) in [6, 6.07) is 0. The van der Waals surface area contributed by atoms with Crippen LogP contribution >= 0.6 is 0 Å². The molecule has 4 N–H and O–H groups in total. The summed E-state index contributed by atoms with van der Waals surface area (Å²) in [6.07, 6.45) is -1.10. The molecule has 0 radical (unpaired) electrons. The Morgan fingerprint density at radius 1 is 1.24 bits per heavy atom. The minimum atomic E-state index is -1.10. The Labute approximate surface area is 143 Å². The second kappa shape index (κ2) is 8.24. The van der Waals surface area contributed by atoms with Crippen molar-refractivity contribution in [1.82, 2.24) is 25.4 Å². The summed E-state index contributed by atoms with van der Waals surface area (Å²) in [6.45, 7) is 6.39. The molecule has 2 heterocycles. The lowest BCUT2D eigenvalue weighted by atomic mass is 10.1. The number of pyridine rings is 1. The highest BCUT2D eigenvalue weighted by atomic mass is 16.5. The number of nitrogens with one attached hydrogen (secondary N) is 3. The Hall–Kier alpha value is -2.95. The second-order valence-electron chi connectivity index (χ2n) is 5.22. The van der Waals surface area contributed by atoms with Gasteiger partial charge in [-0.1, -0.05) is 0 Å². The molecule has 2 aromatic rings. The van der Waals surface area contributed by atoms with Crippen molar-refractivity contribution in [2.24, 2.45) is 0 Å². The van der Waals surface area contributed by atoms with Crippen LogP contribution in [0.4, 0.5) is 16.2 Å². The lowest BCUT2D eigenvalue weighted by molar-refractivity contribution is -0.120. The van der Waals surface area contributed by atoms with Gasteiger partial charge in [-0.05, 0) is 36.8 Å². The van der Waals surface area contributed by atoms with Crippen LogP contribution in [-0.2, 0) is 9.53 Å². The molecule has 136 valence electrons. The molecule has 11 nitrogen and oxygen atoms in total. The van der Waals surface area contributed by atoms with E-state index in [-0.39, 0.29) is 19.1 Å². The third-order valence-electron chi connectivity index (χ3n) is 3.58. The molecule has 0 aliphatic rings. The van der Waals surface area contributed by atoms with Gasteiger partial charge in [0.1, 0.15) is 12.3 Å². The topological polar surface area (TPSA) is 143 Å². The third-order valence-corrected chi connectivity index (χ3v) is 3.58. The van der Waals surface area contributed by atoms with Gasteiger partial charge >= 0.3 is 6.09 Å². The van der Waals surface area contributed by atoms with Gasteiger partial charge in [0, 0.05) is 25.4 Å². The molecule has 0 saturated carbocycles. The van der Waals surface area contributed by atoms with Crippen molar-refractivity contribution in [2.75, 3.05) is 36.9 Å². The lowest BCUT2D eigenvalue weighted by Gasteiger charge is -2.18. The number of fused-ring (bicyclic) bond motifs is 1. The molecule has 0 aliphatic carbocycles. The van der Waals surface area contributed by atoms with Gasteiger partial charge in [-0.2, -0.15) is 4.52 Å². The molecule has 0 bridgehead atoms. The number of carboxylic acid groups (broad SMARTS) is 1. The quantitative estimate of drug-likeness (QED) is 0.500. The van der Waals surface area contributed by atoms with Gasteiger partial charge in [0.05, 0.1) is 5.69 Å². The molecule has 0 aliphatic heterocycles. The van der Waals surface area contributed by atoms with Crippen LogP contribution < -0.4 is 16.0 Å². The Kier molecular flexibility index (Phi) is 6.06. The predicted molar refractivity (Wildman–Crippen MR) is 89.9 cm³/mol. The van der Waals surface area contributed by atoms with E-state index in [2.05, 4.69) is 31.5 Å². The van der Waals surface area contributed by atoms with Gasteiger partial charge in [0.15, 0.2) is 0 Å². The number of ether oxygens (including phenoxy) is 1. The fraction of sp³-hybridized carbons (Fsp3) is 0.500. The molecule has 0 saturated heterocycles. The highest BCUT2D eigenvalue weighted by Crippen LogP contribution is 2.31. The maximum atomic E-state index is 12.1. The van der Waals surface area contributed by atoms with E-state index in [9.17, 15) is 9.59 Å². The molecule has 25 heavy (non-hydrogen) atoms. The zero-order chi connectivity index (χ0) is 18.4. The molecular formula is C14H21N7O4. The first-order chi connectivity index (χ1) is 12.0. The van der Waals surface area contributed by atoms with Crippen molar-refractivity contribution in [3.05, 3.63) is 11.3 Å². The van der Waals surface area contributed by atoms with Gasteiger partial charge < -0.3 is 25.8 Å². The lowest BCUT2D eigenvalue weighted by Crippen LogP contribution is -2.28. The number of tetrazole rings is 1. The Morgan fingerprint density at radius 3 is 2.68 bits per heavy atom. The zero-order valence-corrected chi connectivity index (χ0v) is 14.3. The third kappa shape index (κ3) is 4.32. The summed E-state index contributed by atoms with van der Waals surface area (Å²) in [4.78, 5) is 22.6. The van der Waals surface area contributed by atoms with E-state index in [0.717, 1.165) is 11.3 Å². The first-order valence-electron chi connectivity index (χ1n) is 7.75. The molecule has 0 atom stereocenters. The standard InChI is InChI=1S/C14H21N7O4/c1-4-25-7-10(22)17-12-11(15-5-6-16-14(23)24)8(2)9(3)21-13(12)18-19-20-21/h15-16H,4-7H2,1-3H3,(H,17,22)(H,23,24). The van der Waals surface area contributed by atoms with Gasteiger partial charge in [0.2, 0.25) is 5.65 Å². The minimum Gasteiger partial charge on any atom is -0.465 e. The van der Waals surface area contributed by atoms with Crippen molar-refractivity contribution in [3.8, 4) is 0 Å². The summed E-state index contributed by atoms with van der Waals surface area (Å²) in [5, 5.41) is 28.4. The number of rotatable bonds is 8. The van der Waals surface area contributed by atoms with E-state index in [1.807, 2.05) is 13.8 Å². The van der Waals surface area contributed by atoms with Crippen LogP contribution in [0.1, 0.15) is 18.2 Å². The number of carbonyl (C=O) groups is 2. The van der Waals surface area contributed by atoms with Crippen LogP contribution in [0.15, 0.2) is 0 Å². The van der Waals surface area contributed by atoms with Crippen molar-refractivity contribution < 1.29 is 19.4 Å². The van der Waals surface area contributed by atoms with Gasteiger partial charge in [-0.25, -0.2) is 4.79 Å². The number of aromatic nitrogens is 4. The van der Waals surface area contributed by atoms with Gasteiger partial charge in [-0.15, -0.1) is 5.10 Å². The molecule has 0 aromatic carbocycles. The van der Waals surface area contributed by atoms with Crippen LogP contribution in [0.2, 0.25) is 0 Å². The number of amides is 2. The minimum absolute atomic E-state index is 0.0862. The van der Waals surface area contributed by atoms with Crippen molar-refractivity contribution in [3.63, 3.8) is 0 Å². The van der Waals surface area contributed by atoms with E-state index in [1.54, 1.807) is 6.92 Å². The van der Waals surface area contributed by atoms with Crippen LogP contribution in [0.25, 0.3) is 5.65 Å². The SMILES string of the molecule is CCOCC(=O)Nc1c(NCCNC(=O)O)c(C)c(C)n2nnnc12. The predicted octanol–water partition coefficient (Wildman–Crippen LogP) is 0.396. The summed E-state index contributed by atoms with van der Waals surface area (Å²) in [5.41, 5.74) is 3.09. The second-order valence-corrected chi connectivity index (χ2v) is 5.22. The van der Waals surface area contributed by atoms with E-state index < -0.39 is 6.09 Å². The fourth-order valence-electron chi connectivity index (χ4n) is 2.27. The van der Waals surface area contributed by atoms with Crippen molar-refractivity contribution in [1.29, 1.82) is 0 Å². The van der Waals surface area contributed by atoms with E-state index in [1.165, 1.54) is 4.52 Å². The number of hydrogen-bond acceptors (Lipinski definition) is 7. The molecule has 2 aromatic heterocycles. The maximum absolute atomic E-state index is 12.1. The molecule has 0 spiro atoms. The number of carbonyl (C=O) groups excluding carboxylic acids is 1. The number of aryl methyl sites for hydroxylation is 1. The van der Waals surface area contributed by atoms with E-state index in [4.69, 9.17) is 9.84 Å². The maximum Gasteiger partial charge on any atom is 0.404 e. The highest BCUT2D eigenvalue weighted by Gasteiger charge is 2.19. The summed E-state index contributed by atoms with van der Waals surface area (Å²) < 4.78 is 6.65. The normalized spacial score (nSPS) is 10.7. The van der Waals surface area contributed by atoms with Gasteiger partial charge in [-0.3, -0.25) is 4.79 Å². The average Bonchev–Trinajstić information content (AvgIpc) is 3.06. The summed E-state index contributed by atoms with van der Waals surface area (Å²) >= 11 is 0. The van der Waals surface area contributed by atoms with E-state index >= 15 is 0 Å². The highest BCUT2D eigenvalue weighted by molar-refractivity contribution is 6.00. The molecule has 0 unspecified atom stereocenters. The van der Waals surface area contributed by atoms with Crippen LogP contribution in [0.5, 0.6) is 0 Å².